The second-order valence-corrected chi connectivity index (χ2v) is 4.74. The summed E-state index contributed by atoms with van der Waals surface area (Å²) in [4.78, 5) is 6.75. The average Bonchev–Trinajstić information content (AvgIpc) is 2.30. The van der Waals surface area contributed by atoms with Crippen LogP contribution in [0.5, 0.6) is 0 Å². The Balaban J connectivity index is 2.17. The lowest BCUT2D eigenvalue weighted by molar-refractivity contribution is 0.397. The normalized spacial score (nSPS) is 25.8. The van der Waals surface area contributed by atoms with Gasteiger partial charge in [-0.1, -0.05) is 6.92 Å². The van der Waals surface area contributed by atoms with Gasteiger partial charge in [-0.3, -0.25) is 4.98 Å². The molecule has 1 aromatic rings. The molecule has 0 spiro atoms. The highest BCUT2D eigenvalue weighted by atomic mass is 15.2. The number of aryl methyl sites for hydroxylation is 1. The second-order valence-electron chi connectivity index (χ2n) is 4.74. The maximum atomic E-state index is 4.28. The molecule has 1 N–H and O–H groups in total. The van der Waals surface area contributed by atoms with Gasteiger partial charge in [0.2, 0.25) is 0 Å². The molecule has 0 bridgehead atoms. The van der Waals surface area contributed by atoms with Crippen molar-refractivity contribution in [3.63, 3.8) is 0 Å². The van der Waals surface area contributed by atoms with Crippen LogP contribution in [-0.4, -0.2) is 30.2 Å². The van der Waals surface area contributed by atoms with Gasteiger partial charge in [0.05, 0.1) is 11.9 Å². The summed E-state index contributed by atoms with van der Waals surface area (Å²) in [6.07, 6.45) is 5.07. The highest BCUT2D eigenvalue weighted by Gasteiger charge is 2.24. The van der Waals surface area contributed by atoms with Crippen molar-refractivity contribution in [3.8, 4) is 0 Å². The summed E-state index contributed by atoms with van der Waals surface area (Å²) in [5, 5.41) is 3.57. The average molecular weight is 219 g/mol. The van der Waals surface area contributed by atoms with Crippen molar-refractivity contribution in [2.75, 3.05) is 18.0 Å². The van der Waals surface area contributed by atoms with E-state index in [-0.39, 0.29) is 0 Å². The monoisotopic (exact) mass is 219 g/mol. The Morgan fingerprint density at radius 3 is 3.00 bits per heavy atom. The van der Waals surface area contributed by atoms with Gasteiger partial charge in [-0.05, 0) is 31.9 Å². The fraction of sp³-hybridized carbons (Fsp3) is 0.615. The van der Waals surface area contributed by atoms with E-state index in [1.165, 1.54) is 17.7 Å². The molecule has 0 saturated carbocycles. The van der Waals surface area contributed by atoms with E-state index in [4.69, 9.17) is 0 Å². The first-order chi connectivity index (χ1) is 7.70. The number of rotatable bonds is 2. The molecule has 1 aliphatic heterocycles. The number of piperazine rings is 1. The van der Waals surface area contributed by atoms with Crippen molar-refractivity contribution in [2.45, 2.75) is 39.3 Å². The van der Waals surface area contributed by atoms with E-state index in [1.54, 1.807) is 0 Å². The van der Waals surface area contributed by atoms with Crippen LogP contribution in [0.4, 0.5) is 5.69 Å². The molecule has 16 heavy (non-hydrogen) atoms. The van der Waals surface area contributed by atoms with Crippen molar-refractivity contribution in [2.24, 2.45) is 0 Å². The van der Waals surface area contributed by atoms with Crippen LogP contribution in [-0.2, 0) is 0 Å². The summed E-state index contributed by atoms with van der Waals surface area (Å²) in [6.45, 7) is 8.75. The van der Waals surface area contributed by atoms with E-state index < -0.39 is 0 Å². The molecule has 0 amide bonds. The van der Waals surface area contributed by atoms with E-state index in [0.29, 0.717) is 12.1 Å². The van der Waals surface area contributed by atoms with Crippen molar-refractivity contribution in [1.82, 2.24) is 10.3 Å². The highest BCUT2D eigenvalue weighted by molar-refractivity contribution is 5.47. The highest BCUT2D eigenvalue weighted by Crippen LogP contribution is 2.20. The Morgan fingerprint density at radius 1 is 1.50 bits per heavy atom. The Hall–Kier alpha value is -1.09. The van der Waals surface area contributed by atoms with Crippen LogP contribution in [0.25, 0.3) is 0 Å². The van der Waals surface area contributed by atoms with Crippen molar-refractivity contribution in [3.05, 3.63) is 24.0 Å². The zero-order valence-electron chi connectivity index (χ0n) is 10.4. The van der Waals surface area contributed by atoms with Gasteiger partial charge in [-0.15, -0.1) is 0 Å². The number of pyridine rings is 1. The molecule has 0 aromatic carbocycles. The summed E-state index contributed by atoms with van der Waals surface area (Å²) in [5.41, 5.74) is 2.49. The molecule has 3 nitrogen and oxygen atoms in total. The van der Waals surface area contributed by atoms with Crippen LogP contribution in [0.1, 0.15) is 25.8 Å². The van der Waals surface area contributed by atoms with Crippen molar-refractivity contribution >= 4 is 5.69 Å². The predicted molar refractivity (Wildman–Crippen MR) is 67.9 cm³/mol. The summed E-state index contributed by atoms with van der Waals surface area (Å²) in [6, 6.07) is 3.38. The number of hydrogen-bond acceptors (Lipinski definition) is 3. The van der Waals surface area contributed by atoms with Crippen LogP contribution in [0, 0.1) is 6.92 Å². The fourth-order valence-corrected chi connectivity index (χ4v) is 2.26. The van der Waals surface area contributed by atoms with Crippen LogP contribution in [0.3, 0.4) is 0 Å². The van der Waals surface area contributed by atoms with Crippen LogP contribution in [0.15, 0.2) is 18.5 Å². The van der Waals surface area contributed by atoms with Gasteiger partial charge >= 0.3 is 0 Å². The quantitative estimate of drug-likeness (QED) is 0.824. The second kappa shape index (κ2) is 4.83. The lowest BCUT2D eigenvalue weighted by Crippen LogP contribution is -2.55. The molecular formula is C13H21N3. The third-order valence-corrected chi connectivity index (χ3v) is 3.34. The van der Waals surface area contributed by atoms with Crippen LogP contribution in [0.2, 0.25) is 0 Å². The first kappa shape index (κ1) is 11.4. The maximum absolute atomic E-state index is 4.28. The van der Waals surface area contributed by atoms with Crippen molar-refractivity contribution in [1.29, 1.82) is 0 Å². The molecular weight excluding hydrogens is 198 g/mol. The first-order valence-corrected chi connectivity index (χ1v) is 6.12. The van der Waals surface area contributed by atoms with Gasteiger partial charge in [0.25, 0.3) is 0 Å². The maximum Gasteiger partial charge on any atom is 0.0558 e. The molecule has 2 unspecified atom stereocenters. The topological polar surface area (TPSA) is 28.2 Å². The Labute approximate surface area is 97.9 Å². The Morgan fingerprint density at radius 2 is 2.31 bits per heavy atom. The number of aromatic nitrogens is 1. The standard InChI is InChI=1S/C13H21N3/c1-4-12-9-16(11(3)7-15-12)13-5-10(2)6-14-8-13/h5-6,8,11-12,15H,4,7,9H2,1-3H3. The zero-order chi connectivity index (χ0) is 11.5. The summed E-state index contributed by atoms with van der Waals surface area (Å²) < 4.78 is 0. The first-order valence-electron chi connectivity index (χ1n) is 6.12. The Kier molecular flexibility index (Phi) is 3.44. The fourth-order valence-electron chi connectivity index (χ4n) is 2.26. The molecule has 88 valence electrons. The van der Waals surface area contributed by atoms with E-state index >= 15 is 0 Å². The molecule has 2 atom stereocenters. The van der Waals surface area contributed by atoms with E-state index in [2.05, 4.69) is 42.0 Å². The van der Waals surface area contributed by atoms with Gasteiger partial charge in [-0.2, -0.15) is 0 Å². The van der Waals surface area contributed by atoms with Crippen LogP contribution < -0.4 is 10.2 Å². The minimum absolute atomic E-state index is 0.548. The van der Waals surface area contributed by atoms with E-state index in [0.717, 1.165) is 13.1 Å². The van der Waals surface area contributed by atoms with E-state index in [1.807, 2.05) is 12.4 Å². The number of nitrogens with zero attached hydrogens (tertiary/aromatic N) is 2. The molecule has 1 fully saturated rings. The lowest BCUT2D eigenvalue weighted by Gasteiger charge is -2.40. The molecule has 3 heteroatoms. The SMILES string of the molecule is CCC1CN(c2cncc(C)c2)C(C)CN1. The van der Waals surface area contributed by atoms with Crippen molar-refractivity contribution < 1.29 is 0 Å². The minimum atomic E-state index is 0.548. The lowest BCUT2D eigenvalue weighted by atomic mass is 10.1. The van der Waals surface area contributed by atoms with Gasteiger partial charge in [0.1, 0.15) is 0 Å². The largest absolute Gasteiger partial charge is 0.365 e. The number of anilines is 1. The van der Waals surface area contributed by atoms with Crippen LogP contribution >= 0.6 is 0 Å². The molecule has 1 aliphatic rings. The number of nitrogens with one attached hydrogen (secondary N) is 1. The molecule has 1 aromatic heterocycles. The third kappa shape index (κ3) is 2.35. The van der Waals surface area contributed by atoms with Gasteiger partial charge in [-0.25, -0.2) is 0 Å². The number of hydrogen-bond donors (Lipinski definition) is 1. The van der Waals surface area contributed by atoms with Gasteiger partial charge in [0.15, 0.2) is 0 Å². The summed E-state index contributed by atoms with van der Waals surface area (Å²) in [5.74, 6) is 0. The predicted octanol–water partition coefficient (Wildman–Crippen LogP) is 1.97. The minimum Gasteiger partial charge on any atom is -0.365 e. The molecule has 2 heterocycles. The smallest absolute Gasteiger partial charge is 0.0558 e. The summed E-state index contributed by atoms with van der Waals surface area (Å²) >= 11 is 0. The third-order valence-electron chi connectivity index (χ3n) is 3.34. The molecule has 0 aliphatic carbocycles. The molecule has 1 saturated heterocycles. The zero-order valence-corrected chi connectivity index (χ0v) is 10.4. The van der Waals surface area contributed by atoms with Gasteiger partial charge < -0.3 is 10.2 Å². The summed E-state index contributed by atoms with van der Waals surface area (Å²) in [7, 11) is 0. The molecule has 2 rings (SSSR count). The van der Waals surface area contributed by atoms with E-state index in [9.17, 15) is 0 Å². The Bertz CT molecular complexity index is 351. The van der Waals surface area contributed by atoms with Gasteiger partial charge in [0, 0.05) is 31.4 Å². The molecule has 0 radical (unpaired) electrons.